The van der Waals surface area contributed by atoms with E-state index in [4.69, 9.17) is 4.74 Å². The molecule has 1 heterocycles. The minimum absolute atomic E-state index is 0.195. The van der Waals surface area contributed by atoms with Crippen LogP contribution < -0.4 is 5.32 Å². The van der Waals surface area contributed by atoms with E-state index in [0.29, 0.717) is 11.1 Å². The second-order valence-corrected chi connectivity index (χ2v) is 5.12. The Hall–Kier alpha value is -3.21. The first-order valence-electron chi connectivity index (χ1n) is 7.62. The molecule has 0 fully saturated rings. The van der Waals surface area contributed by atoms with Crippen LogP contribution in [0.25, 0.3) is 10.9 Å². The molecular weight excluding hydrogens is 304 g/mol. The highest BCUT2D eigenvalue weighted by Gasteiger charge is 2.18. The number of anilines is 1. The number of hydrogen-bond donors (Lipinski definition) is 1. The van der Waals surface area contributed by atoms with Gasteiger partial charge in [0.15, 0.2) is 0 Å². The zero-order chi connectivity index (χ0) is 16.9. The summed E-state index contributed by atoms with van der Waals surface area (Å²) in [6.45, 7) is 1.98. The quantitative estimate of drug-likeness (QED) is 0.745. The van der Waals surface area contributed by atoms with E-state index in [1.807, 2.05) is 30.3 Å². The fourth-order valence-corrected chi connectivity index (χ4v) is 2.34. The lowest BCUT2D eigenvalue weighted by Gasteiger charge is -2.11. The van der Waals surface area contributed by atoms with Crippen molar-refractivity contribution < 1.29 is 14.3 Å². The number of fused-ring (bicyclic) bond motifs is 1. The second kappa shape index (κ2) is 6.91. The molecule has 0 unspecified atom stereocenters. The Bertz CT molecular complexity index is 892. The van der Waals surface area contributed by atoms with Crippen molar-refractivity contribution in [1.29, 1.82) is 0 Å². The maximum atomic E-state index is 12.4. The predicted molar refractivity (Wildman–Crippen MR) is 92.1 cm³/mol. The number of hydrogen-bond acceptors (Lipinski definition) is 4. The van der Waals surface area contributed by atoms with Crippen LogP contribution in [0.3, 0.4) is 0 Å². The lowest BCUT2D eigenvalue weighted by molar-refractivity contribution is 0.0527. The summed E-state index contributed by atoms with van der Waals surface area (Å²) in [6, 6.07) is 17.8. The summed E-state index contributed by atoms with van der Waals surface area (Å²) in [5, 5.41) is 3.51. The number of pyridine rings is 1. The molecule has 3 aromatic rings. The normalized spacial score (nSPS) is 10.4. The SMILES string of the molecule is CCOC(=O)c1cc2ccccc2nc1NC(=O)c1ccccc1. The van der Waals surface area contributed by atoms with Gasteiger partial charge in [-0.25, -0.2) is 9.78 Å². The van der Waals surface area contributed by atoms with E-state index in [1.165, 1.54) is 0 Å². The molecule has 0 spiro atoms. The van der Waals surface area contributed by atoms with Crippen LogP contribution in [0.15, 0.2) is 60.7 Å². The largest absolute Gasteiger partial charge is 0.462 e. The minimum atomic E-state index is -0.515. The number of carbonyl (C=O) groups excluding carboxylic acids is 2. The van der Waals surface area contributed by atoms with Crippen molar-refractivity contribution >= 4 is 28.6 Å². The summed E-state index contributed by atoms with van der Waals surface area (Å²) >= 11 is 0. The molecule has 5 heteroatoms. The van der Waals surface area contributed by atoms with Gasteiger partial charge in [0.25, 0.3) is 5.91 Å². The number of carbonyl (C=O) groups is 2. The van der Waals surface area contributed by atoms with Gasteiger partial charge in [0.2, 0.25) is 0 Å². The molecule has 24 heavy (non-hydrogen) atoms. The van der Waals surface area contributed by atoms with E-state index in [2.05, 4.69) is 10.3 Å². The lowest BCUT2D eigenvalue weighted by atomic mass is 10.1. The first-order chi connectivity index (χ1) is 11.7. The fourth-order valence-electron chi connectivity index (χ4n) is 2.34. The average molecular weight is 320 g/mol. The number of aromatic nitrogens is 1. The maximum Gasteiger partial charge on any atom is 0.341 e. The van der Waals surface area contributed by atoms with Gasteiger partial charge in [-0.2, -0.15) is 0 Å². The summed E-state index contributed by atoms with van der Waals surface area (Å²) < 4.78 is 5.07. The summed E-state index contributed by atoms with van der Waals surface area (Å²) in [5.74, 6) is -0.649. The molecular formula is C19H16N2O3. The summed E-state index contributed by atoms with van der Waals surface area (Å²) in [5.41, 5.74) is 1.41. The highest BCUT2D eigenvalue weighted by atomic mass is 16.5. The van der Waals surface area contributed by atoms with Crippen molar-refractivity contribution in [2.24, 2.45) is 0 Å². The van der Waals surface area contributed by atoms with E-state index >= 15 is 0 Å². The third-order valence-corrected chi connectivity index (χ3v) is 3.49. The average Bonchev–Trinajstić information content (AvgIpc) is 2.62. The van der Waals surface area contributed by atoms with Crippen LogP contribution >= 0.6 is 0 Å². The molecule has 1 N–H and O–H groups in total. The van der Waals surface area contributed by atoms with Crippen molar-refractivity contribution in [3.63, 3.8) is 0 Å². The molecule has 0 aliphatic heterocycles. The summed E-state index contributed by atoms with van der Waals surface area (Å²) in [4.78, 5) is 29.0. The van der Waals surface area contributed by atoms with Crippen LogP contribution in [0.4, 0.5) is 5.82 Å². The number of amides is 1. The van der Waals surface area contributed by atoms with Crippen LogP contribution in [0, 0.1) is 0 Å². The van der Waals surface area contributed by atoms with Gasteiger partial charge in [-0.05, 0) is 31.2 Å². The molecule has 0 atom stereocenters. The molecule has 0 aliphatic carbocycles. The molecule has 0 aliphatic rings. The van der Waals surface area contributed by atoms with Gasteiger partial charge in [0, 0.05) is 10.9 Å². The van der Waals surface area contributed by atoms with Gasteiger partial charge >= 0.3 is 5.97 Å². The highest BCUT2D eigenvalue weighted by Crippen LogP contribution is 2.22. The first kappa shape index (κ1) is 15.7. The van der Waals surface area contributed by atoms with Crippen LogP contribution in [-0.2, 0) is 4.74 Å². The van der Waals surface area contributed by atoms with Crippen molar-refractivity contribution in [2.75, 3.05) is 11.9 Å². The van der Waals surface area contributed by atoms with Crippen LogP contribution in [0.2, 0.25) is 0 Å². The van der Waals surface area contributed by atoms with Gasteiger partial charge < -0.3 is 10.1 Å². The second-order valence-electron chi connectivity index (χ2n) is 5.12. The number of ether oxygens (including phenoxy) is 1. The van der Waals surface area contributed by atoms with E-state index in [1.54, 1.807) is 37.3 Å². The Balaban J connectivity index is 2.02. The minimum Gasteiger partial charge on any atom is -0.462 e. The number of para-hydroxylation sites is 1. The smallest absolute Gasteiger partial charge is 0.341 e. The van der Waals surface area contributed by atoms with Crippen molar-refractivity contribution in [1.82, 2.24) is 4.98 Å². The van der Waals surface area contributed by atoms with E-state index in [0.717, 1.165) is 5.39 Å². The van der Waals surface area contributed by atoms with Crippen molar-refractivity contribution in [2.45, 2.75) is 6.92 Å². The Morgan fingerprint density at radius 1 is 1.04 bits per heavy atom. The van der Waals surface area contributed by atoms with E-state index in [9.17, 15) is 9.59 Å². The zero-order valence-electron chi connectivity index (χ0n) is 13.2. The first-order valence-corrected chi connectivity index (χ1v) is 7.62. The standard InChI is InChI=1S/C19H16N2O3/c1-2-24-19(23)15-12-14-10-6-7-11-16(14)20-17(15)21-18(22)13-8-4-3-5-9-13/h3-12H,2H2,1H3,(H,20,21,22). The van der Waals surface area contributed by atoms with Gasteiger partial charge in [0.05, 0.1) is 12.1 Å². The topological polar surface area (TPSA) is 68.3 Å². The molecule has 2 aromatic carbocycles. The van der Waals surface area contributed by atoms with Gasteiger partial charge in [-0.15, -0.1) is 0 Å². The van der Waals surface area contributed by atoms with Crippen LogP contribution in [-0.4, -0.2) is 23.5 Å². The number of nitrogens with one attached hydrogen (secondary N) is 1. The third kappa shape index (κ3) is 3.25. The van der Waals surface area contributed by atoms with Gasteiger partial charge in [0.1, 0.15) is 11.4 Å². The Morgan fingerprint density at radius 2 is 1.75 bits per heavy atom. The molecule has 1 aromatic heterocycles. The van der Waals surface area contributed by atoms with Gasteiger partial charge in [-0.3, -0.25) is 4.79 Å². The lowest BCUT2D eigenvalue weighted by Crippen LogP contribution is -2.17. The molecule has 0 radical (unpaired) electrons. The Labute approximate surface area is 139 Å². The zero-order valence-corrected chi connectivity index (χ0v) is 13.2. The number of rotatable bonds is 4. The number of esters is 1. The van der Waals surface area contributed by atoms with E-state index < -0.39 is 5.97 Å². The molecule has 3 rings (SSSR count). The molecule has 5 nitrogen and oxygen atoms in total. The molecule has 120 valence electrons. The predicted octanol–water partition coefficient (Wildman–Crippen LogP) is 3.66. The highest BCUT2D eigenvalue weighted by molar-refractivity contribution is 6.08. The maximum absolute atomic E-state index is 12.4. The monoisotopic (exact) mass is 320 g/mol. The summed E-state index contributed by atoms with van der Waals surface area (Å²) in [6.07, 6.45) is 0. The third-order valence-electron chi connectivity index (χ3n) is 3.49. The fraction of sp³-hybridized carbons (Fsp3) is 0.105. The number of benzene rings is 2. The van der Waals surface area contributed by atoms with Gasteiger partial charge in [-0.1, -0.05) is 36.4 Å². The summed E-state index contributed by atoms with van der Waals surface area (Å²) in [7, 11) is 0. The Kier molecular flexibility index (Phi) is 4.52. The van der Waals surface area contributed by atoms with E-state index in [-0.39, 0.29) is 23.9 Å². The molecule has 0 saturated heterocycles. The Morgan fingerprint density at radius 3 is 2.50 bits per heavy atom. The number of nitrogens with zero attached hydrogens (tertiary/aromatic N) is 1. The van der Waals surface area contributed by atoms with Crippen LogP contribution in [0.1, 0.15) is 27.6 Å². The molecule has 0 saturated carbocycles. The van der Waals surface area contributed by atoms with Crippen molar-refractivity contribution in [3.05, 3.63) is 71.8 Å². The van der Waals surface area contributed by atoms with Crippen LogP contribution in [0.5, 0.6) is 0 Å². The molecule has 0 bridgehead atoms. The van der Waals surface area contributed by atoms with Crippen molar-refractivity contribution in [3.8, 4) is 0 Å². The molecule has 1 amide bonds.